The first-order chi connectivity index (χ1) is 10.1. The Balaban J connectivity index is 2.11. The highest BCUT2D eigenvalue weighted by Gasteiger charge is 2.22. The summed E-state index contributed by atoms with van der Waals surface area (Å²) in [6.07, 6.45) is 2.11. The van der Waals surface area contributed by atoms with Gasteiger partial charge < -0.3 is 15.4 Å². The van der Waals surface area contributed by atoms with Gasteiger partial charge in [0.05, 0.1) is 11.0 Å². The molecule has 1 aromatic rings. The average molecular weight is 293 g/mol. The number of nitrogens with zero attached hydrogens (tertiary/aromatic N) is 1. The van der Waals surface area contributed by atoms with E-state index >= 15 is 0 Å². The molecule has 6 nitrogen and oxygen atoms in total. The fourth-order valence-electron chi connectivity index (χ4n) is 2.54. The Morgan fingerprint density at radius 2 is 2.14 bits per heavy atom. The van der Waals surface area contributed by atoms with Crippen molar-refractivity contribution in [2.75, 3.05) is 25.0 Å². The van der Waals surface area contributed by atoms with Crippen LogP contribution in [0.5, 0.6) is 5.75 Å². The van der Waals surface area contributed by atoms with Crippen molar-refractivity contribution in [3.63, 3.8) is 0 Å². The number of piperidine rings is 1. The SMILES string of the molecule is CC(C)Oc1cccc(NCC2CCNCC2)c1[N+](=O)[O-]. The van der Waals surface area contributed by atoms with Crippen molar-refractivity contribution in [1.29, 1.82) is 0 Å². The number of nitro groups is 1. The van der Waals surface area contributed by atoms with E-state index in [1.165, 1.54) is 0 Å². The third-order valence-electron chi connectivity index (χ3n) is 3.58. The van der Waals surface area contributed by atoms with Gasteiger partial charge in [0.1, 0.15) is 5.69 Å². The molecule has 1 aliphatic heterocycles. The summed E-state index contributed by atoms with van der Waals surface area (Å²) >= 11 is 0. The van der Waals surface area contributed by atoms with Crippen LogP contribution >= 0.6 is 0 Å². The minimum atomic E-state index is -0.373. The van der Waals surface area contributed by atoms with Gasteiger partial charge in [0.15, 0.2) is 5.75 Å². The van der Waals surface area contributed by atoms with Gasteiger partial charge in [-0.25, -0.2) is 0 Å². The zero-order valence-electron chi connectivity index (χ0n) is 12.6. The summed E-state index contributed by atoms with van der Waals surface area (Å²) in [7, 11) is 0. The standard InChI is InChI=1S/C15H23N3O3/c1-11(2)21-14-5-3-4-13(15(14)18(19)20)17-10-12-6-8-16-9-7-12/h3-5,11-12,16-17H,6-10H2,1-2H3. The number of para-hydroxylation sites is 1. The van der Waals surface area contributed by atoms with E-state index in [2.05, 4.69) is 10.6 Å². The van der Waals surface area contributed by atoms with Crippen LogP contribution in [0.25, 0.3) is 0 Å². The topological polar surface area (TPSA) is 76.4 Å². The van der Waals surface area contributed by atoms with Crippen molar-refractivity contribution in [3.8, 4) is 5.75 Å². The molecule has 0 aliphatic carbocycles. The first-order valence-electron chi connectivity index (χ1n) is 7.46. The van der Waals surface area contributed by atoms with Crippen molar-refractivity contribution in [2.45, 2.75) is 32.8 Å². The van der Waals surface area contributed by atoms with Crippen LogP contribution in [0.15, 0.2) is 18.2 Å². The lowest BCUT2D eigenvalue weighted by molar-refractivity contribution is -0.385. The smallest absolute Gasteiger partial charge is 0.333 e. The number of benzene rings is 1. The maximum Gasteiger partial charge on any atom is 0.333 e. The van der Waals surface area contributed by atoms with Crippen molar-refractivity contribution in [3.05, 3.63) is 28.3 Å². The number of hydrogen-bond acceptors (Lipinski definition) is 5. The summed E-state index contributed by atoms with van der Waals surface area (Å²) in [5.41, 5.74) is 0.566. The maximum absolute atomic E-state index is 11.4. The Bertz CT molecular complexity index is 485. The molecule has 1 fully saturated rings. The summed E-state index contributed by atoms with van der Waals surface area (Å²) in [6, 6.07) is 5.18. The second-order valence-electron chi connectivity index (χ2n) is 5.65. The number of anilines is 1. The van der Waals surface area contributed by atoms with Gasteiger partial charge in [0, 0.05) is 6.54 Å². The summed E-state index contributed by atoms with van der Waals surface area (Å²) in [5, 5.41) is 17.9. The number of hydrogen-bond donors (Lipinski definition) is 2. The zero-order chi connectivity index (χ0) is 15.2. The predicted octanol–water partition coefficient (Wildman–Crippen LogP) is 2.79. The van der Waals surface area contributed by atoms with Gasteiger partial charge >= 0.3 is 5.69 Å². The van der Waals surface area contributed by atoms with Crippen molar-refractivity contribution in [1.82, 2.24) is 5.32 Å². The van der Waals surface area contributed by atoms with E-state index in [-0.39, 0.29) is 16.7 Å². The van der Waals surface area contributed by atoms with Gasteiger partial charge in [0.2, 0.25) is 0 Å². The fourth-order valence-corrected chi connectivity index (χ4v) is 2.54. The maximum atomic E-state index is 11.4. The lowest BCUT2D eigenvalue weighted by Gasteiger charge is -2.23. The van der Waals surface area contributed by atoms with Gasteiger partial charge in [-0.1, -0.05) is 6.07 Å². The van der Waals surface area contributed by atoms with E-state index in [9.17, 15) is 10.1 Å². The lowest BCUT2D eigenvalue weighted by Crippen LogP contribution is -2.31. The third-order valence-corrected chi connectivity index (χ3v) is 3.58. The number of ether oxygens (including phenoxy) is 1. The number of nitrogens with one attached hydrogen (secondary N) is 2. The highest BCUT2D eigenvalue weighted by atomic mass is 16.6. The van der Waals surface area contributed by atoms with Gasteiger partial charge in [-0.2, -0.15) is 0 Å². The molecule has 0 radical (unpaired) electrons. The quantitative estimate of drug-likeness (QED) is 0.623. The summed E-state index contributed by atoms with van der Waals surface area (Å²) < 4.78 is 5.55. The first-order valence-corrected chi connectivity index (χ1v) is 7.46. The molecule has 1 heterocycles. The molecule has 1 aromatic carbocycles. The van der Waals surface area contributed by atoms with Crippen LogP contribution in [0, 0.1) is 16.0 Å². The first kappa shape index (κ1) is 15.6. The van der Waals surface area contributed by atoms with Gasteiger partial charge in [0.25, 0.3) is 0 Å². The van der Waals surface area contributed by atoms with Crippen molar-refractivity contribution < 1.29 is 9.66 Å². The molecule has 0 saturated carbocycles. The van der Waals surface area contributed by atoms with Gasteiger partial charge in [-0.05, 0) is 57.8 Å². The normalized spacial score (nSPS) is 16.0. The number of nitro benzene ring substituents is 1. The van der Waals surface area contributed by atoms with Crippen molar-refractivity contribution >= 4 is 11.4 Å². The minimum absolute atomic E-state index is 0.0279. The molecule has 0 bridgehead atoms. The molecule has 0 spiro atoms. The van der Waals surface area contributed by atoms with Gasteiger partial charge in [-0.3, -0.25) is 10.1 Å². The van der Waals surface area contributed by atoms with E-state index in [1.54, 1.807) is 18.2 Å². The molecular formula is C15H23N3O3. The molecule has 0 unspecified atom stereocenters. The second kappa shape index (κ2) is 7.26. The number of rotatable bonds is 6. The molecule has 6 heteroatoms. The largest absolute Gasteiger partial charge is 0.484 e. The van der Waals surface area contributed by atoms with E-state index in [1.807, 2.05) is 13.8 Å². The van der Waals surface area contributed by atoms with Gasteiger partial charge in [-0.15, -0.1) is 0 Å². The zero-order valence-corrected chi connectivity index (χ0v) is 12.6. The Morgan fingerprint density at radius 1 is 1.43 bits per heavy atom. The Kier molecular flexibility index (Phi) is 5.38. The Labute approximate surface area is 125 Å². The summed E-state index contributed by atoms with van der Waals surface area (Å²) in [4.78, 5) is 11.0. The monoisotopic (exact) mass is 293 g/mol. The van der Waals surface area contributed by atoms with E-state index < -0.39 is 0 Å². The molecule has 2 N–H and O–H groups in total. The average Bonchev–Trinajstić information content (AvgIpc) is 2.45. The van der Waals surface area contributed by atoms with Crippen LogP contribution in [0.4, 0.5) is 11.4 Å². The van der Waals surface area contributed by atoms with Crippen LogP contribution in [0.3, 0.4) is 0 Å². The molecule has 1 saturated heterocycles. The highest BCUT2D eigenvalue weighted by Crippen LogP contribution is 2.35. The van der Waals surface area contributed by atoms with E-state index in [4.69, 9.17) is 4.74 Å². The van der Waals surface area contributed by atoms with Crippen LogP contribution in [-0.2, 0) is 0 Å². The fraction of sp³-hybridized carbons (Fsp3) is 0.600. The molecule has 21 heavy (non-hydrogen) atoms. The van der Waals surface area contributed by atoms with Crippen LogP contribution in [0.2, 0.25) is 0 Å². The molecule has 2 rings (SSSR count). The third kappa shape index (κ3) is 4.32. The Hall–Kier alpha value is -1.82. The van der Waals surface area contributed by atoms with Crippen LogP contribution in [-0.4, -0.2) is 30.7 Å². The molecule has 1 aliphatic rings. The lowest BCUT2D eigenvalue weighted by atomic mass is 9.98. The van der Waals surface area contributed by atoms with Crippen LogP contribution in [0.1, 0.15) is 26.7 Å². The minimum Gasteiger partial charge on any atom is -0.484 e. The molecule has 0 atom stereocenters. The van der Waals surface area contributed by atoms with Crippen molar-refractivity contribution in [2.24, 2.45) is 5.92 Å². The highest BCUT2D eigenvalue weighted by molar-refractivity contribution is 5.68. The van der Waals surface area contributed by atoms with E-state index in [0.717, 1.165) is 32.5 Å². The summed E-state index contributed by atoms with van der Waals surface area (Å²) in [5.74, 6) is 0.880. The molecular weight excluding hydrogens is 270 g/mol. The summed E-state index contributed by atoms with van der Waals surface area (Å²) in [6.45, 7) is 6.52. The molecule has 0 amide bonds. The second-order valence-corrected chi connectivity index (χ2v) is 5.65. The van der Waals surface area contributed by atoms with E-state index in [0.29, 0.717) is 17.4 Å². The predicted molar refractivity (Wildman–Crippen MR) is 82.9 cm³/mol. The molecule has 116 valence electrons. The Morgan fingerprint density at radius 3 is 2.76 bits per heavy atom. The molecule has 0 aromatic heterocycles. The van der Waals surface area contributed by atoms with Crippen LogP contribution < -0.4 is 15.4 Å².